The second-order valence-corrected chi connectivity index (χ2v) is 5.12. The van der Waals surface area contributed by atoms with Crippen molar-refractivity contribution in [2.75, 3.05) is 7.11 Å². The first-order chi connectivity index (χ1) is 8.15. The van der Waals surface area contributed by atoms with Gasteiger partial charge in [-0.05, 0) is 37.1 Å². The molecule has 2 aromatic rings. The van der Waals surface area contributed by atoms with Gasteiger partial charge < -0.3 is 4.74 Å². The van der Waals surface area contributed by atoms with Gasteiger partial charge in [-0.25, -0.2) is 4.98 Å². The van der Waals surface area contributed by atoms with Gasteiger partial charge in [0.15, 0.2) is 0 Å². The van der Waals surface area contributed by atoms with Crippen LogP contribution < -0.4 is 4.74 Å². The summed E-state index contributed by atoms with van der Waals surface area (Å²) < 4.78 is 5.36. The number of hydrogen-bond donors (Lipinski definition) is 1. The minimum atomic E-state index is 0.685. The first kappa shape index (κ1) is 12.5. The molecule has 0 aliphatic rings. The summed E-state index contributed by atoms with van der Waals surface area (Å²) in [4.78, 5) is 4.54. The van der Waals surface area contributed by atoms with Crippen molar-refractivity contribution in [1.29, 1.82) is 0 Å². The number of hydrogen-bond acceptors (Lipinski definition) is 4. The van der Waals surface area contributed by atoms with Gasteiger partial charge in [-0.3, -0.25) is 0 Å². The lowest BCUT2D eigenvalue weighted by Gasteiger charge is -2.09. The van der Waals surface area contributed by atoms with Gasteiger partial charge in [-0.1, -0.05) is 0 Å². The Labute approximate surface area is 111 Å². The quantitative estimate of drug-likeness (QED) is 0.851. The molecule has 90 valence electrons. The lowest BCUT2D eigenvalue weighted by atomic mass is 10.1. The van der Waals surface area contributed by atoms with Crippen LogP contribution >= 0.6 is 24.0 Å². The highest BCUT2D eigenvalue weighted by atomic mass is 32.1. The monoisotopic (exact) mass is 265 g/mol. The predicted octanol–water partition coefficient (Wildman–Crippen LogP) is 3.87. The minimum Gasteiger partial charge on any atom is -0.496 e. The topological polar surface area (TPSA) is 22.1 Å². The van der Waals surface area contributed by atoms with Gasteiger partial charge >= 0.3 is 0 Å². The first-order valence-electron chi connectivity index (χ1n) is 5.36. The molecule has 0 spiro atoms. The van der Waals surface area contributed by atoms with Gasteiger partial charge in [0.05, 0.1) is 12.8 Å². The lowest BCUT2D eigenvalue weighted by Crippen LogP contribution is -1.92. The average Bonchev–Trinajstić information content (AvgIpc) is 2.77. The van der Waals surface area contributed by atoms with Crippen molar-refractivity contribution in [3.8, 4) is 16.3 Å². The number of thiazole rings is 1. The van der Waals surface area contributed by atoms with Crippen molar-refractivity contribution in [3.63, 3.8) is 0 Å². The molecule has 0 aliphatic carbocycles. The molecular formula is C13H15NOS2. The summed E-state index contributed by atoms with van der Waals surface area (Å²) in [6.07, 6.45) is 0. The number of aromatic nitrogens is 1. The molecule has 0 radical (unpaired) electrons. The largest absolute Gasteiger partial charge is 0.496 e. The summed E-state index contributed by atoms with van der Waals surface area (Å²) in [6.45, 7) is 4.12. The summed E-state index contributed by atoms with van der Waals surface area (Å²) in [7, 11) is 1.71. The number of aryl methyl sites for hydroxylation is 2. The molecule has 4 heteroatoms. The summed E-state index contributed by atoms with van der Waals surface area (Å²) in [6, 6.07) is 4.24. The number of rotatable bonds is 3. The SMILES string of the molecule is COc1c(C)cc(-c2nc(CS)cs2)cc1C. The molecule has 1 heterocycles. The Bertz CT molecular complexity index is 511. The zero-order valence-electron chi connectivity index (χ0n) is 10.2. The number of nitrogens with zero attached hydrogens (tertiary/aromatic N) is 1. The molecule has 0 aliphatic heterocycles. The normalized spacial score (nSPS) is 10.6. The van der Waals surface area contributed by atoms with Crippen molar-refractivity contribution < 1.29 is 4.74 Å². The zero-order chi connectivity index (χ0) is 12.4. The fraction of sp³-hybridized carbons (Fsp3) is 0.308. The van der Waals surface area contributed by atoms with Crippen molar-refractivity contribution in [1.82, 2.24) is 4.98 Å². The van der Waals surface area contributed by atoms with Crippen LogP contribution in [0.3, 0.4) is 0 Å². The van der Waals surface area contributed by atoms with E-state index < -0.39 is 0 Å². The molecule has 2 rings (SSSR count). The Morgan fingerprint density at radius 1 is 1.29 bits per heavy atom. The maximum Gasteiger partial charge on any atom is 0.124 e. The van der Waals surface area contributed by atoms with E-state index in [0.29, 0.717) is 5.75 Å². The van der Waals surface area contributed by atoms with Crippen LogP contribution in [0.4, 0.5) is 0 Å². The Morgan fingerprint density at radius 3 is 2.41 bits per heavy atom. The Hall–Kier alpha value is -1.00. The molecule has 0 saturated carbocycles. The van der Waals surface area contributed by atoms with E-state index in [2.05, 4.69) is 49.0 Å². The maximum atomic E-state index is 5.36. The molecule has 0 atom stereocenters. The van der Waals surface area contributed by atoms with Gasteiger partial charge in [0.2, 0.25) is 0 Å². The van der Waals surface area contributed by atoms with Crippen LogP contribution in [-0.2, 0) is 5.75 Å². The van der Waals surface area contributed by atoms with Crippen LogP contribution in [0.5, 0.6) is 5.75 Å². The Morgan fingerprint density at radius 2 is 1.94 bits per heavy atom. The van der Waals surface area contributed by atoms with Crippen molar-refractivity contribution in [2.24, 2.45) is 0 Å². The Kier molecular flexibility index (Phi) is 3.74. The number of methoxy groups -OCH3 is 1. The molecule has 0 fully saturated rings. The second kappa shape index (κ2) is 5.10. The van der Waals surface area contributed by atoms with E-state index in [1.54, 1.807) is 18.4 Å². The van der Waals surface area contributed by atoms with Crippen molar-refractivity contribution in [2.45, 2.75) is 19.6 Å². The minimum absolute atomic E-state index is 0.685. The molecule has 0 unspecified atom stereocenters. The molecule has 0 saturated heterocycles. The molecule has 2 nitrogen and oxygen atoms in total. The van der Waals surface area contributed by atoms with E-state index in [0.717, 1.165) is 33.1 Å². The van der Waals surface area contributed by atoms with E-state index in [1.807, 2.05) is 0 Å². The highest BCUT2D eigenvalue weighted by Gasteiger charge is 2.09. The average molecular weight is 265 g/mol. The predicted molar refractivity (Wildman–Crippen MR) is 76.3 cm³/mol. The van der Waals surface area contributed by atoms with E-state index in [-0.39, 0.29) is 0 Å². The third-order valence-corrected chi connectivity index (χ3v) is 3.89. The van der Waals surface area contributed by atoms with Gasteiger partial charge in [0, 0.05) is 16.7 Å². The third kappa shape index (κ3) is 2.48. The van der Waals surface area contributed by atoms with Crippen LogP contribution in [-0.4, -0.2) is 12.1 Å². The van der Waals surface area contributed by atoms with Crippen LogP contribution in [0.1, 0.15) is 16.8 Å². The van der Waals surface area contributed by atoms with E-state index in [1.165, 1.54) is 0 Å². The van der Waals surface area contributed by atoms with E-state index >= 15 is 0 Å². The van der Waals surface area contributed by atoms with E-state index in [4.69, 9.17) is 4.74 Å². The molecule has 0 N–H and O–H groups in total. The van der Waals surface area contributed by atoms with Gasteiger partial charge in [0.1, 0.15) is 10.8 Å². The van der Waals surface area contributed by atoms with Crippen molar-refractivity contribution in [3.05, 3.63) is 34.3 Å². The molecule has 1 aromatic carbocycles. The van der Waals surface area contributed by atoms with Crippen LogP contribution in [0.25, 0.3) is 10.6 Å². The second-order valence-electron chi connectivity index (χ2n) is 3.95. The third-order valence-electron chi connectivity index (χ3n) is 2.63. The highest BCUT2D eigenvalue weighted by molar-refractivity contribution is 7.79. The summed E-state index contributed by atoms with van der Waals surface area (Å²) in [5.41, 5.74) is 4.47. The Balaban J connectivity index is 2.46. The standard InChI is InChI=1S/C13H15NOS2/c1-8-4-10(5-9(2)12(8)15-3)13-14-11(6-16)7-17-13/h4-5,7,16H,6H2,1-3H3. The number of benzene rings is 1. The summed E-state index contributed by atoms with van der Waals surface area (Å²) in [5.74, 6) is 1.64. The first-order valence-corrected chi connectivity index (χ1v) is 6.87. The molecule has 17 heavy (non-hydrogen) atoms. The van der Waals surface area contributed by atoms with Crippen molar-refractivity contribution >= 4 is 24.0 Å². The van der Waals surface area contributed by atoms with Crippen LogP contribution in [0, 0.1) is 13.8 Å². The molecular weight excluding hydrogens is 250 g/mol. The molecule has 0 amide bonds. The maximum absolute atomic E-state index is 5.36. The van der Waals surface area contributed by atoms with Gasteiger partial charge in [-0.15, -0.1) is 11.3 Å². The van der Waals surface area contributed by atoms with Crippen LogP contribution in [0.15, 0.2) is 17.5 Å². The van der Waals surface area contributed by atoms with Gasteiger partial charge in [0.25, 0.3) is 0 Å². The zero-order valence-corrected chi connectivity index (χ0v) is 11.9. The lowest BCUT2D eigenvalue weighted by molar-refractivity contribution is 0.408. The fourth-order valence-electron chi connectivity index (χ4n) is 1.91. The number of thiol groups is 1. The highest BCUT2D eigenvalue weighted by Crippen LogP contribution is 2.31. The summed E-state index contributed by atoms with van der Waals surface area (Å²) >= 11 is 5.89. The van der Waals surface area contributed by atoms with E-state index in [9.17, 15) is 0 Å². The molecule has 0 bridgehead atoms. The number of ether oxygens (including phenoxy) is 1. The van der Waals surface area contributed by atoms with Crippen LogP contribution in [0.2, 0.25) is 0 Å². The fourth-order valence-corrected chi connectivity index (χ4v) is 3.00. The smallest absolute Gasteiger partial charge is 0.124 e. The molecule has 1 aromatic heterocycles. The van der Waals surface area contributed by atoms with Gasteiger partial charge in [-0.2, -0.15) is 12.6 Å². The summed E-state index contributed by atoms with van der Waals surface area (Å²) in [5, 5.41) is 3.10.